The van der Waals surface area contributed by atoms with Crippen molar-refractivity contribution in [2.45, 2.75) is 13.3 Å². The number of carbonyl (C=O) groups excluding carboxylic acids is 3. The topological polar surface area (TPSA) is 84.9 Å². The fourth-order valence-corrected chi connectivity index (χ4v) is 2.97. The molecule has 140 valence electrons. The number of esters is 1. The Kier molecular flexibility index (Phi) is 5.40. The number of hydrogen-bond acceptors (Lipinski definition) is 5. The number of carbonyl (C=O) groups is 3. The quantitative estimate of drug-likeness (QED) is 0.820. The maximum absolute atomic E-state index is 12.4. The minimum Gasteiger partial charge on any atom is -0.482 e. The highest BCUT2D eigenvalue weighted by Crippen LogP contribution is 2.31. The predicted molar refractivity (Wildman–Crippen MR) is 100 cm³/mol. The summed E-state index contributed by atoms with van der Waals surface area (Å²) in [6.07, 6.45) is 0.0780. The molecule has 0 radical (unpaired) electrons. The summed E-state index contributed by atoms with van der Waals surface area (Å²) in [6, 6.07) is 12.4. The van der Waals surface area contributed by atoms with Crippen LogP contribution in [0, 0.1) is 6.92 Å². The molecule has 0 saturated carbocycles. The van der Waals surface area contributed by atoms with E-state index in [9.17, 15) is 14.4 Å². The van der Waals surface area contributed by atoms with Crippen molar-refractivity contribution in [3.8, 4) is 5.75 Å². The molecule has 1 heterocycles. The second-order valence-corrected chi connectivity index (χ2v) is 6.09. The number of hydrogen-bond donors (Lipinski definition) is 1. The van der Waals surface area contributed by atoms with Gasteiger partial charge in [-0.3, -0.25) is 9.59 Å². The van der Waals surface area contributed by atoms with Gasteiger partial charge in [0.2, 0.25) is 5.91 Å². The molecule has 2 aromatic rings. The first-order valence-corrected chi connectivity index (χ1v) is 8.51. The van der Waals surface area contributed by atoms with E-state index >= 15 is 0 Å². The Morgan fingerprint density at radius 3 is 2.74 bits per heavy atom. The molecule has 0 fully saturated rings. The fourth-order valence-electron chi connectivity index (χ4n) is 2.97. The number of aryl methyl sites for hydroxylation is 1. The maximum Gasteiger partial charge on any atom is 0.340 e. The summed E-state index contributed by atoms with van der Waals surface area (Å²) in [5.41, 5.74) is 2.06. The first-order chi connectivity index (χ1) is 13.0. The van der Waals surface area contributed by atoms with Crippen LogP contribution in [0.3, 0.4) is 0 Å². The SMILES string of the molecule is COC(=O)c1c(C)cccc1NC(=O)CCN1C(=O)COc2ccccc21. The smallest absolute Gasteiger partial charge is 0.340 e. The van der Waals surface area contributed by atoms with Crippen LogP contribution in [0.25, 0.3) is 0 Å². The van der Waals surface area contributed by atoms with Gasteiger partial charge in [-0.2, -0.15) is 0 Å². The van der Waals surface area contributed by atoms with E-state index in [1.807, 2.05) is 12.1 Å². The monoisotopic (exact) mass is 368 g/mol. The normalized spacial score (nSPS) is 12.8. The molecule has 3 rings (SSSR count). The first-order valence-electron chi connectivity index (χ1n) is 8.51. The lowest BCUT2D eigenvalue weighted by atomic mass is 10.1. The highest BCUT2D eigenvalue weighted by molar-refractivity contribution is 6.03. The van der Waals surface area contributed by atoms with Crippen molar-refractivity contribution in [2.75, 3.05) is 30.5 Å². The van der Waals surface area contributed by atoms with Crippen molar-refractivity contribution < 1.29 is 23.9 Å². The van der Waals surface area contributed by atoms with Crippen molar-refractivity contribution in [3.05, 3.63) is 53.6 Å². The number of para-hydroxylation sites is 2. The van der Waals surface area contributed by atoms with Crippen molar-refractivity contribution in [1.29, 1.82) is 0 Å². The molecule has 0 unspecified atom stereocenters. The number of benzene rings is 2. The standard InChI is InChI=1S/C20H20N2O5/c1-13-6-5-7-14(19(13)20(25)26-2)21-17(23)10-11-22-15-8-3-4-9-16(15)27-12-18(22)24/h3-9H,10-12H2,1-2H3,(H,21,23). The maximum atomic E-state index is 12.4. The molecule has 0 atom stereocenters. The molecule has 7 nitrogen and oxygen atoms in total. The van der Waals surface area contributed by atoms with E-state index in [-0.39, 0.29) is 31.4 Å². The van der Waals surface area contributed by atoms with Gasteiger partial charge in [0.15, 0.2) is 6.61 Å². The van der Waals surface area contributed by atoms with E-state index in [0.717, 1.165) is 0 Å². The number of nitrogens with one attached hydrogen (secondary N) is 1. The summed E-state index contributed by atoms with van der Waals surface area (Å²) in [6.45, 7) is 1.93. The van der Waals surface area contributed by atoms with Crippen LogP contribution in [-0.4, -0.2) is 38.0 Å². The molecular weight excluding hydrogens is 348 g/mol. The largest absolute Gasteiger partial charge is 0.482 e. The van der Waals surface area contributed by atoms with Crippen LogP contribution >= 0.6 is 0 Å². The van der Waals surface area contributed by atoms with Gasteiger partial charge in [0.25, 0.3) is 5.91 Å². The van der Waals surface area contributed by atoms with E-state index < -0.39 is 5.97 Å². The van der Waals surface area contributed by atoms with E-state index in [0.29, 0.717) is 28.3 Å². The third-order valence-corrected chi connectivity index (χ3v) is 4.31. The Morgan fingerprint density at radius 1 is 1.19 bits per heavy atom. The summed E-state index contributed by atoms with van der Waals surface area (Å²) in [5, 5.41) is 2.74. The molecule has 2 amide bonds. The van der Waals surface area contributed by atoms with Crippen LogP contribution in [0.4, 0.5) is 11.4 Å². The first kappa shape index (κ1) is 18.4. The second-order valence-electron chi connectivity index (χ2n) is 6.09. The lowest BCUT2D eigenvalue weighted by Crippen LogP contribution is -2.40. The Morgan fingerprint density at radius 2 is 1.96 bits per heavy atom. The molecule has 0 aliphatic carbocycles. The minimum atomic E-state index is -0.513. The molecule has 27 heavy (non-hydrogen) atoms. The highest BCUT2D eigenvalue weighted by atomic mass is 16.5. The summed E-state index contributed by atoms with van der Waals surface area (Å²) < 4.78 is 10.2. The molecule has 0 bridgehead atoms. The van der Waals surface area contributed by atoms with Gasteiger partial charge in [-0.1, -0.05) is 24.3 Å². The lowest BCUT2D eigenvalue weighted by molar-refractivity contribution is -0.121. The van der Waals surface area contributed by atoms with Gasteiger partial charge in [0, 0.05) is 13.0 Å². The molecule has 1 N–H and O–H groups in total. The number of anilines is 2. The van der Waals surface area contributed by atoms with Crippen LogP contribution in [-0.2, 0) is 14.3 Å². The van der Waals surface area contributed by atoms with E-state index in [2.05, 4.69) is 5.32 Å². The lowest BCUT2D eigenvalue weighted by Gasteiger charge is -2.29. The third kappa shape index (κ3) is 3.92. The summed E-state index contributed by atoms with van der Waals surface area (Å²) in [5.74, 6) is -0.403. The van der Waals surface area contributed by atoms with Crippen LogP contribution in [0.5, 0.6) is 5.75 Å². The van der Waals surface area contributed by atoms with Gasteiger partial charge < -0.3 is 19.7 Å². The average Bonchev–Trinajstić information content (AvgIpc) is 2.67. The van der Waals surface area contributed by atoms with Crippen LogP contribution < -0.4 is 15.0 Å². The van der Waals surface area contributed by atoms with E-state index in [1.54, 1.807) is 37.3 Å². The number of rotatable bonds is 5. The van der Waals surface area contributed by atoms with Gasteiger partial charge in [0.05, 0.1) is 24.0 Å². The van der Waals surface area contributed by atoms with Crippen LogP contribution in [0.15, 0.2) is 42.5 Å². The number of fused-ring (bicyclic) bond motifs is 1. The molecule has 0 aromatic heterocycles. The number of ether oxygens (including phenoxy) is 2. The summed E-state index contributed by atoms with van der Waals surface area (Å²) in [4.78, 5) is 38.1. The van der Waals surface area contributed by atoms with Gasteiger partial charge in [-0.05, 0) is 30.7 Å². The van der Waals surface area contributed by atoms with Gasteiger partial charge in [0.1, 0.15) is 5.75 Å². The zero-order chi connectivity index (χ0) is 19.4. The number of nitrogens with zero attached hydrogens (tertiary/aromatic N) is 1. The third-order valence-electron chi connectivity index (χ3n) is 4.31. The summed E-state index contributed by atoms with van der Waals surface area (Å²) in [7, 11) is 1.29. The molecular formula is C20H20N2O5. The molecule has 7 heteroatoms. The average molecular weight is 368 g/mol. The zero-order valence-corrected chi connectivity index (χ0v) is 15.2. The molecule has 2 aromatic carbocycles. The van der Waals surface area contributed by atoms with Crippen LogP contribution in [0.2, 0.25) is 0 Å². The van der Waals surface area contributed by atoms with Crippen molar-refractivity contribution in [3.63, 3.8) is 0 Å². The van der Waals surface area contributed by atoms with Crippen molar-refractivity contribution in [2.24, 2.45) is 0 Å². The molecule has 1 aliphatic rings. The molecule has 0 spiro atoms. The zero-order valence-electron chi connectivity index (χ0n) is 15.2. The number of amides is 2. The molecule has 1 aliphatic heterocycles. The van der Waals surface area contributed by atoms with Gasteiger partial charge in [-0.25, -0.2) is 4.79 Å². The Labute approximate surface area is 156 Å². The Balaban J connectivity index is 1.70. The Bertz CT molecular complexity index is 894. The van der Waals surface area contributed by atoms with Crippen LogP contribution in [0.1, 0.15) is 22.3 Å². The molecule has 0 saturated heterocycles. The summed E-state index contributed by atoms with van der Waals surface area (Å²) >= 11 is 0. The van der Waals surface area contributed by atoms with Crippen molar-refractivity contribution in [1.82, 2.24) is 0 Å². The predicted octanol–water partition coefficient (Wildman–Crippen LogP) is 2.54. The fraction of sp³-hybridized carbons (Fsp3) is 0.250. The van der Waals surface area contributed by atoms with E-state index in [1.165, 1.54) is 12.0 Å². The minimum absolute atomic E-state index is 0.0526. The van der Waals surface area contributed by atoms with Gasteiger partial charge in [-0.15, -0.1) is 0 Å². The van der Waals surface area contributed by atoms with Gasteiger partial charge >= 0.3 is 5.97 Å². The highest BCUT2D eigenvalue weighted by Gasteiger charge is 2.25. The number of methoxy groups -OCH3 is 1. The second kappa shape index (κ2) is 7.90. The van der Waals surface area contributed by atoms with E-state index in [4.69, 9.17) is 9.47 Å². The Hall–Kier alpha value is -3.35. The van der Waals surface area contributed by atoms with Crippen molar-refractivity contribution >= 4 is 29.2 Å².